The van der Waals surface area contributed by atoms with Crippen LogP contribution in [0.3, 0.4) is 0 Å². The number of hydrogen-bond donors (Lipinski definition) is 3. The van der Waals surface area contributed by atoms with Crippen molar-refractivity contribution in [1.29, 1.82) is 0 Å². The van der Waals surface area contributed by atoms with E-state index in [4.69, 9.17) is 0 Å². The van der Waals surface area contributed by atoms with Gasteiger partial charge in [-0.05, 0) is 56.5 Å². The number of hydrogen-bond acceptors (Lipinski definition) is 4. The fourth-order valence-corrected chi connectivity index (χ4v) is 3.96. The summed E-state index contributed by atoms with van der Waals surface area (Å²) < 4.78 is 27.1. The molecule has 1 saturated heterocycles. The molecule has 3 unspecified atom stereocenters. The van der Waals surface area contributed by atoms with Crippen LogP contribution in [0.25, 0.3) is 0 Å². The van der Waals surface area contributed by atoms with Crippen LogP contribution in [0.1, 0.15) is 44.0 Å². The van der Waals surface area contributed by atoms with Gasteiger partial charge in [0.25, 0.3) is 5.91 Å². The van der Waals surface area contributed by atoms with Crippen molar-refractivity contribution in [3.8, 4) is 0 Å². The highest BCUT2D eigenvalue weighted by Gasteiger charge is 2.23. The van der Waals surface area contributed by atoms with Gasteiger partial charge in [-0.15, -0.1) is 12.4 Å². The third kappa shape index (κ3) is 5.95. The van der Waals surface area contributed by atoms with E-state index < -0.39 is 10.0 Å². The van der Waals surface area contributed by atoms with Crippen molar-refractivity contribution in [2.45, 2.75) is 50.6 Å². The third-order valence-corrected chi connectivity index (χ3v) is 6.15. The fourth-order valence-electron chi connectivity index (χ4n) is 2.64. The number of rotatable bonds is 6. The van der Waals surface area contributed by atoms with Crippen LogP contribution in [0.15, 0.2) is 29.2 Å². The van der Waals surface area contributed by atoms with Gasteiger partial charge in [0, 0.05) is 24.2 Å². The summed E-state index contributed by atoms with van der Waals surface area (Å²) in [5, 5.41) is 6.29. The molecule has 1 heterocycles. The Balaban J connectivity index is 0.00000312. The SMILES string of the molecule is CCC(C)NS(=O)(=O)c1ccc(C(=O)NC2CNCCC2C)cc1.Cl. The second-order valence-electron chi connectivity index (χ2n) is 6.50. The summed E-state index contributed by atoms with van der Waals surface area (Å²) in [4.78, 5) is 12.5. The van der Waals surface area contributed by atoms with Gasteiger partial charge in [0.05, 0.1) is 4.90 Å². The first-order chi connectivity index (χ1) is 11.3. The lowest BCUT2D eigenvalue weighted by Crippen LogP contribution is -2.50. The molecular weight excluding hydrogens is 362 g/mol. The molecule has 0 spiro atoms. The summed E-state index contributed by atoms with van der Waals surface area (Å²) in [6.45, 7) is 7.60. The summed E-state index contributed by atoms with van der Waals surface area (Å²) in [6.07, 6.45) is 1.75. The molecule has 3 N–H and O–H groups in total. The first kappa shape index (κ1) is 21.9. The maximum atomic E-state index is 12.3. The predicted octanol–water partition coefficient (Wildman–Crippen LogP) is 1.91. The minimum Gasteiger partial charge on any atom is -0.348 e. The predicted molar refractivity (Wildman–Crippen MR) is 102 cm³/mol. The lowest BCUT2D eigenvalue weighted by atomic mass is 9.94. The average Bonchev–Trinajstić information content (AvgIpc) is 2.56. The maximum Gasteiger partial charge on any atom is 0.251 e. The molecule has 0 bridgehead atoms. The van der Waals surface area contributed by atoms with Gasteiger partial charge >= 0.3 is 0 Å². The number of halogens is 1. The van der Waals surface area contributed by atoms with E-state index in [0.717, 1.165) is 19.5 Å². The van der Waals surface area contributed by atoms with E-state index in [2.05, 4.69) is 22.3 Å². The topological polar surface area (TPSA) is 87.3 Å². The minimum absolute atomic E-state index is 0. The standard InChI is InChI=1S/C17H27N3O3S.ClH/c1-4-13(3)20-24(22,23)15-7-5-14(6-8-15)17(21)19-16-11-18-10-9-12(16)2;/h5-8,12-13,16,18,20H,4,9-11H2,1-3H3,(H,19,21);1H. The highest BCUT2D eigenvalue weighted by molar-refractivity contribution is 7.89. The molecule has 1 aromatic rings. The number of sulfonamides is 1. The molecule has 142 valence electrons. The first-order valence-electron chi connectivity index (χ1n) is 8.47. The Kier molecular flexibility index (Phi) is 8.34. The normalized spacial score (nSPS) is 21.9. The fraction of sp³-hybridized carbons (Fsp3) is 0.588. The summed E-state index contributed by atoms with van der Waals surface area (Å²) in [6, 6.07) is 6.03. The molecule has 2 rings (SSSR count). The van der Waals surface area contributed by atoms with Gasteiger partial charge in [-0.1, -0.05) is 13.8 Å². The van der Waals surface area contributed by atoms with Crippen LogP contribution >= 0.6 is 12.4 Å². The smallest absolute Gasteiger partial charge is 0.251 e. The highest BCUT2D eigenvalue weighted by Crippen LogP contribution is 2.14. The minimum atomic E-state index is -3.54. The number of piperidine rings is 1. The molecule has 6 nitrogen and oxygen atoms in total. The third-order valence-electron chi connectivity index (χ3n) is 4.54. The van der Waals surface area contributed by atoms with Gasteiger partial charge in [-0.3, -0.25) is 4.79 Å². The van der Waals surface area contributed by atoms with Crippen LogP contribution in [0, 0.1) is 5.92 Å². The largest absolute Gasteiger partial charge is 0.348 e. The number of amides is 1. The molecule has 0 aliphatic carbocycles. The lowest BCUT2D eigenvalue weighted by molar-refractivity contribution is 0.0915. The molecule has 0 saturated carbocycles. The van der Waals surface area contributed by atoms with Crippen molar-refractivity contribution in [1.82, 2.24) is 15.4 Å². The average molecular weight is 390 g/mol. The van der Waals surface area contributed by atoms with Crippen molar-refractivity contribution < 1.29 is 13.2 Å². The molecule has 0 radical (unpaired) electrons. The van der Waals surface area contributed by atoms with Crippen molar-refractivity contribution in [3.63, 3.8) is 0 Å². The maximum absolute atomic E-state index is 12.3. The van der Waals surface area contributed by atoms with Crippen molar-refractivity contribution in [2.24, 2.45) is 5.92 Å². The Morgan fingerprint density at radius 1 is 1.32 bits per heavy atom. The zero-order valence-corrected chi connectivity index (χ0v) is 16.5. The van der Waals surface area contributed by atoms with Crippen LogP contribution in [0.4, 0.5) is 0 Å². The first-order valence-corrected chi connectivity index (χ1v) is 9.95. The highest BCUT2D eigenvalue weighted by atomic mass is 35.5. The monoisotopic (exact) mass is 389 g/mol. The van der Waals surface area contributed by atoms with E-state index in [1.165, 1.54) is 12.1 Å². The van der Waals surface area contributed by atoms with Crippen LogP contribution in [0.5, 0.6) is 0 Å². The zero-order valence-electron chi connectivity index (χ0n) is 14.9. The Hall–Kier alpha value is -1.15. The second-order valence-corrected chi connectivity index (χ2v) is 8.22. The molecule has 1 fully saturated rings. The van der Waals surface area contributed by atoms with Crippen molar-refractivity contribution in [2.75, 3.05) is 13.1 Å². The molecule has 8 heteroatoms. The summed E-state index contributed by atoms with van der Waals surface area (Å²) in [5.41, 5.74) is 0.468. The van der Waals surface area contributed by atoms with Gasteiger partial charge in [0.15, 0.2) is 0 Å². The molecule has 25 heavy (non-hydrogen) atoms. The summed E-state index contributed by atoms with van der Waals surface area (Å²) in [5.74, 6) is 0.254. The van der Waals surface area contributed by atoms with Gasteiger partial charge in [-0.25, -0.2) is 13.1 Å². The zero-order chi connectivity index (χ0) is 17.7. The van der Waals surface area contributed by atoms with Crippen LogP contribution in [-0.2, 0) is 10.0 Å². The van der Waals surface area contributed by atoms with Crippen molar-refractivity contribution in [3.05, 3.63) is 29.8 Å². The van der Waals surface area contributed by atoms with Crippen LogP contribution in [-0.4, -0.2) is 39.5 Å². The summed E-state index contributed by atoms with van der Waals surface area (Å²) in [7, 11) is -3.54. The number of nitrogens with one attached hydrogen (secondary N) is 3. The van der Waals surface area contributed by atoms with E-state index in [0.29, 0.717) is 17.9 Å². The molecule has 3 atom stereocenters. The van der Waals surface area contributed by atoms with E-state index in [1.807, 2.05) is 13.8 Å². The Morgan fingerprint density at radius 2 is 1.96 bits per heavy atom. The van der Waals surface area contributed by atoms with E-state index in [-0.39, 0.29) is 35.3 Å². The molecule has 1 aromatic carbocycles. The Bertz CT molecular complexity index is 664. The quantitative estimate of drug-likeness (QED) is 0.693. The Labute approximate surface area is 156 Å². The van der Waals surface area contributed by atoms with E-state index in [9.17, 15) is 13.2 Å². The molecule has 1 aliphatic rings. The molecular formula is C17H28ClN3O3S. The van der Waals surface area contributed by atoms with Gasteiger partial charge < -0.3 is 10.6 Å². The number of benzene rings is 1. The van der Waals surface area contributed by atoms with E-state index in [1.54, 1.807) is 12.1 Å². The van der Waals surface area contributed by atoms with Crippen LogP contribution < -0.4 is 15.4 Å². The van der Waals surface area contributed by atoms with Gasteiger partial charge in [0.2, 0.25) is 10.0 Å². The number of carbonyl (C=O) groups excluding carboxylic acids is 1. The lowest BCUT2D eigenvalue weighted by Gasteiger charge is -2.30. The van der Waals surface area contributed by atoms with Gasteiger partial charge in [-0.2, -0.15) is 0 Å². The second kappa shape index (κ2) is 9.52. The number of carbonyl (C=O) groups is 1. The van der Waals surface area contributed by atoms with Crippen LogP contribution in [0.2, 0.25) is 0 Å². The van der Waals surface area contributed by atoms with Crippen molar-refractivity contribution >= 4 is 28.3 Å². The molecule has 0 aromatic heterocycles. The Morgan fingerprint density at radius 3 is 2.52 bits per heavy atom. The van der Waals surface area contributed by atoms with Gasteiger partial charge in [0.1, 0.15) is 0 Å². The summed E-state index contributed by atoms with van der Waals surface area (Å²) >= 11 is 0. The van der Waals surface area contributed by atoms with E-state index >= 15 is 0 Å². The molecule has 1 amide bonds. The molecule has 1 aliphatic heterocycles.